The molecular weight excluding hydrogens is 136 g/mol. The van der Waals surface area contributed by atoms with Gasteiger partial charge in [-0.2, -0.15) is 0 Å². The molecule has 0 saturated carbocycles. The lowest BCUT2D eigenvalue weighted by molar-refractivity contribution is -0.104. The average molecular weight is 148 g/mol. The van der Waals surface area contributed by atoms with Gasteiger partial charge in [-0.15, -0.1) is 0 Å². The summed E-state index contributed by atoms with van der Waals surface area (Å²) >= 11 is 0. The summed E-state index contributed by atoms with van der Waals surface area (Å²) < 4.78 is 0. The second-order valence-corrected chi connectivity index (χ2v) is 2.74. The summed E-state index contributed by atoms with van der Waals surface area (Å²) in [5.41, 5.74) is 0.815. The van der Waals surface area contributed by atoms with Gasteiger partial charge in [0, 0.05) is 0 Å². The number of rotatable bonds is 2. The quantitative estimate of drug-likeness (QED) is 0.433. The lowest BCUT2D eigenvalue weighted by atomic mass is 9.99. The van der Waals surface area contributed by atoms with Crippen molar-refractivity contribution in [3.63, 3.8) is 0 Å². The molecule has 0 amide bonds. The van der Waals surface area contributed by atoms with Gasteiger partial charge < -0.3 is 0 Å². The van der Waals surface area contributed by atoms with Crippen LogP contribution in [0, 0.1) is 5.92 Å². The van der Waals surface area contributed by atoms with Crippen molar-refractivity contribution in [2.24, 2.45) is 5.92 Å². The summed E-state index contributed by atoms with van der Waals surface area (Å²) in [5.74, 6) is 0.421. The topological polar surface area (TPSA) is 17.1 Å². The second-order valence-electron chi connectivity index (χ2n) is 2.74. The maximum atomic E-state index is 10.3. The first kappa shape index (κ1) is 7.99. The number of carbonyl (C=O) groups excluding carboxylic acids is 1. The van der Waals surface area contributed by atoms with Crippen molar-refractivity contribution in [3.05, 3.63) is 36.0 Å². The van der Waals surface area contributed by atoms with E-state index in [0.717, 1.165) is 18.3 Å². The lowest BCUT2D eigenvalue weighted by Gasteiger charge is -2.06. The fourth-order valence-electron chi connectivity index (χ4n) is 1.10. The first-order chi connectivity index (χ1) is 5.33. The number of allylic oxidation sites excluding steroid dienone is 6. The minimum Gasteiger partial charge on any atom is -0.298 e. The van der Waals surface area contributed by atoms with Gasteiger partial charge in [0.05, 0.1) is 0 Å². The van der Waals surface area contributed by atoms with Crippen molar-refractivity contribution in [1.29, 1.82) is 0 Å². The predicted molar refractivity (Wildman–Crippen MR) is 46.2 cm³/mol. The van der Waals surface area contributed by atoms with Gasteiger partial charge >= 0.3 is 0 Å². The van der Waals surface area contributed by atoms with Crippen LogP contribution in [0.2, 0.25) is 0 Å². The summed E-state index contributed by atoms with van der Waals surface area (Å²) in [7, 11) is 0. The molecular formula is C10H12O. The zero-order valence-electron chi connectivity index (χ0n) is 6.66. The fraction of sp³-hybridized carbons (Fsp3) is 0.300. The van der Waals surface area contributed by atoms with E-state index in [9.17, 15) is 4.79 Å². The normalized spacial score (nSPS) is 23.7. The Hall–Kier alpha value is -1.11. The third-order valence-corrected chi connectivity index (χ3v) is 1.68. The molecule has 1 nitrogen and oxygen atoms in total. The van der Waals surface area contributed by atoms with Crippen molar-refractivity contribution in [2.45, 2.75) is 13.3 Å². The summed E-state index contributed by atoms with van der Waals surface area (Å²) in [6.07, 6.45) is 12.2. The number of hydrogen-bond acceptors (Lipinski definition) is 1. The van der Waals surface area contributed by atoms with Crippen LogP contribution in [0.25, 0.3) is 0 Å². The molecule has 0 aromatic rings. The van der Waals surface area contributed by atoms with Crippen LogP contribution >= 0.6 is 0 Å². The molecule has 0 bridgehead atoms. The van der Waals surface area contributed by atoms with Crippen LogP contribution in [0.5, 0.6) is 0 Å². The van der Waals surface area contributed by atoms with E-state index in [-0.39, 0.29) is 0 Å². The van der Waals surface area contributed by atoms with E-state index in [0.29, 0.717) is 5.92 Å². The second kappa shape index (κ2) is 3.91. The minimum absolute atomic E-state index is 0.421. The fourth-order valence-corrected chi connectivity index (χ4v) is 1.10. The van der Waals surface area contributed by atoms with E-state index in [1.807, 2.05) is 25.2 Å². The van der Waals surface area contributed by atoms with Gasteiger partial charge in [-0.3, -0.25) is 4.79 Å². The smallest absolute Gasteiger partial charge is 0.145 e. The van der Waals surface area contributed by atoms with Crippen molar-refractivity contribution >= 4 is 6.29 Å². The molecule has 1 unspecified atom stereocenters. The van der Waals surface area contributed by atoms with Crippen LogP contribution in [0.4, 0.5) is 0 Å². The molecule has 0 saturated heterocycles. The van der Waals surface area contributed by atoms with Crippen LogP contribution < -0.4 is 0 Å². The van der Waals surface area contributed by atoms with Gasteiger partial charge in [0.15, 0.2) is 0 Å². The highest BCUT2D eigenvalue weighted by atomic mass is 16.1. The Kier molecular flexibility index (Phi) is 2.84. The number of aldehydes is 1. The van der Waals surface area contributed by atoms with Crippen molar-refractivity contribution < 1.29 is 4.79 Å². The Balaban J connectivity index is 2.56. The maximum absolute atomic E-state index is 10.3. The third-order valence-electron chi connectivity index (χ3n) is 1.68. The van der Waals surface area contributed by atoms with Crippen LogP contribution in [0.3, 0.4) is 0 Å². The molecule has 1 heteroatoms. The molecule has 0 radical (unpaired) electrons. The van der Waals surface area contributed by atoms with Crippen molar-refractivity contribution in [1.82, 2.24) is 0 Å². The molecule has 0 aliphatic heterocycles. The summed E-state index contributed by atoms with van der Waals surface area (Å²) in [4.78, 5) is 10.3. The summed E-state index contributed by atoms with van der Waals surface area (Å²) in [6, 6.07) is 0. The van der Waals surface area contributed by atoms with Gasteiger partial charge in [0.25, 0.3) is 0 Å². The molecule has 11 heavy (non-hydrogen) atoms. The van der Waals surface area contributed by atoms with Gasteiger partial charge in [0.2, 0.25) is 0 Å². The highest BCUT2D eigenvalue weighted by Crippen LogP contribution is 2.13. The molecule has 58 valence electrons. The molecule has 0 spiro atoms. The Morgan fingerprint density at radius 3 is 2.91 bits per heavy atom. The van der Waals surface area contributed by atoms with Gasteiger partial charge in [0.1, 0.15) is 6.29 Å². The van der Waals surface area contributed by atoms with E-state index in [1.165, 1.54) is 0 Å². The highest BCUT2D eigenvalue weighted by molar-refractivity contribution is 5.72. The highest BCUT2D eigenvalue weighted by Gasteiger charge is 2.00. The zero-order chi connectivity index (χ0) is 8.10. The molecule has 0 aromatic carbocycles. The number of carbonyl (C=O) groups is 1. The first-order valence-corrected chi connectivity index (χ1v) is 3.80. The van der Waals surface area contributed by atoms with E-state index >= 15 is 0 Å². The lowest BCUT2D eigenvalue weighted by Crippen LogP contribution is -1.94. The Morgan fingerprint density at radius 2 is 2.36 bits per heavy atom. The maximum Gasteiger partial charge on any atom is 0.145 e. The van der Waals surface area contributed by atoms with E-state index in [1.54, 1.807) is 0 Å². The standard InChI is InChI=1S/C10H12O/c1-9(8-11)7-10-5-3-2-4-6-10/h2-5,7-8,10H,6H2,1H3/b9-7+. The van der Waals surface area contributed by atoms with Gasteiger partial charge in [-0.05, 0) is 24.8 Å². The molecule has 1 rings (SSSR count). The molecule has 1 atom stereocenters. The average Bonchev–Trinajstić information content (AvgIpc) is 2.06. The van der Waals surface area contributed by atoms with Crippen molar-refractivity contribution in [3.8, 4) is 0 Å². The van der Waals surface area contributed by atoms with E-state index in [2.05, 4.69) is 12.2 Å². The zero-order valence-corrected chi connectivity index (χ0v) is 6.66. The molecule has 0 N–H and O–H groups in total. The van der Waals surface area contributed by atoms with E-state index in [4.69, 9.17) is 0 Å². The summed E-state index contributed by atoms with van der Waals surface area (Å²) in [5, 5.41) is 0. The largest absolute Gasteiger partial charge is 0.298 e. The molecule has 1 aliphatic carbocycles. The predicted octanol–water partition coefficient (Wildman–Crippen LogP) is 2.26. The molecule has 1 aliphatic rings. The van der Waals surface area contributed by atoms with Crippen LogP contribution in [0.1, 0.15) is 13.3 Å². The van der Waals surface area contributed by atoms with Crippen LogP contribution in [-0.2, 0) is 4.79 Å². The van der Waals surface area contributed by atoms with E-state index < -0.39 is 0 Å². The molecule has 0 fully saturated rings. The third kappa shape index (κ3) is 2.54. The van der Waals surface area contributed by atoms with Gasteiger partial charge in [-0.1, -0.05) is 30.4 Å². The summed E-state index contributed by atoms with van der Waals surface area (Å²) in [6.45, 7) is 1.83. The SMILES string of the molecule is C/C(C=O)=C\C1C=CC=CC1. The number of hydrogen-bond donors (Lipinski definition) is 0. The van der Waals surface area contributed by atoms with Crippen molar-refractivity contribution in [2.75, 3.05) is 0 Å². The van der Waals surface area contributed by atoms with Crippen LogP contribution in [0.15, 0.2) is 36.0 Å². The first-order valence-electron chi connectivity index (χ1n) is 3.80. The minimum atomic E-state index is 0.421. The molecule has 0 aromatic heterocycles. The molecule has 0 heterocycles. The van der Waals surface area contributed by atoms with Crippen LogP contribution in [-0.4, -0.2) is 6.29 Å². The van der Waals surface area contributed by atoms with Gasteiger partial charge in [-0.25, -0.2) is 0 Å². The Morgan fingerprint density at radius 1 is 1.55 bits per heavy atom. The Labute approximate surface area is 67.1 Å². The monoisotopic (exact) mass is 148 g/mol. The Bertz CT molecular complexity index is 221.